The molecule has 9 nitrogen and oxygen atoms in total. The van der Waals surface area contributed by atoms with Gasteiger partial charge < -0.3 is 29.2 Å². The smallest absolute Gasteiger partial charge is 0.870 e. The maximum atomic E-state index is 10.5. The van der Waals surface area contributed by atoms with Crippen LogP contribution in [-0.4, -0.2) is 29.7 Å². The summed E-state index contributed by atoms with van der Waals surface area (Å²) in [5.41, 5.74) is 2.42. The molecule has 4 saturated carbocycles. The van der Waals surface area contributed by atoms with Crippen molar-refractivity contribution in [2.45, 2.75) is 93.7 Å². The van der Waals surface area contributed by atoms with Crippen LogP contribution in [0, 0.1) is 0 Å². The van der Waals surface area contributed by atoms with Gasteiger partial charge in [0.05, 0.1) is 0 Å². The Morgan fingerprint density at radius 3 is 1.54 bits per heavy atom. The number of rotatable bonds is 4. The summed E-state index contributed by atoms with van der Waals surface area (Å²) in [6.07, 6.45) is 11.0. The van der Waals surface area contributed by atoms with Gasteiger partial charge in [-0.3, -0.25) is 4.79 Å². The second kappa shape index (κ2) is 10.6. The zero-order chi connectivity index (χ0) is 25.7. The molecular formula is C29H31LiO9. The SMILES string of the molecule is CC1(c2ccc3c(c2)OC2(CCC2)O3)CC1.O=C=O.O=COC1(c2ccc3c(c2)OC2(CCC2)O3)CC1.[Li+].[OH-]. The van der Waals surface area contributed by atoms with E-state index in [1.165, 1.54) is 24.8 Å². The van der Waals surface area contributed by atoms with Gasteiger partial charge in [0.1, 0.15) is 5.60 Å². The van der Waals surface area contributed by atoms with E-state index in [1.54, 1.807) is 0 Å². The number of benzene rings is 2. The number of carbonyl (C=O) groups is 1. The van der Waals surface area contributed by atoms with Crippen LogP contribution in [0.5, 0.6) is 23.0 Å². The van der Waals surface area contributed by atoms with Crippen LogP contribution in [0.2, 0.25) is 0 Å². The molecule has 6 aliphatic rings. The molecule has 39 heavy (non-hydrogen) atoms. The maximum Gasteiger partial charge on any atom is 1.00 e. The fourth-order valence-electron chi connectivity index (χ4n) is 5.34. The molecule has 2 aromatic carbocycles. The molecule has 2 aliphatic heterocycles. The standard InChI is InChI=1S/C14H14O4.C14H16O2.CO2.Li.H2O/c15-9-16-13(6-7-13)10-2-3-11-12(8-10)18-14(17-11)4-1-5-14;1-13(7-8-13)10-3-4-11-12(9-10)16-14(15-11)5-2-6-14;2-1-3;;/h2-3,8-9H,1,4-7H2;3-4,9H,2,5-8H2,1H3;;;1H2/q;;;+1;/p-1. The van der Waals surface area contributed by atoms with E-state index in [0.29, 0.717) is 11.9 Å². The molecule has 1 N–H and O–H groups in total. The third kappa shape index (κ3) is 5.29. The average molecular weight is 530 g/mol. The van der Waals surface area contributed by atoms with Gasteiger partial charge in [-0.1, -0.05) is 19.1 Å². The average Bonchev–Trinajstić information content (AvgIpc) is 3.71. The molecule has 0 atom stereocenters. The molecular weight excluding hydrogens is 499 g/mol. The Kier molecular flexibility index (Phi) is 7.86. The molecule has 2 aromatic rings. The molecule has 8 rings (SSSR count). The normalized spacial score (nSPS) is 22.4. The summed E-state index contributed by atoms with van der Waals surface area (Å²) in [6.45, 7) is 2.86. The van der Waals surface area contributed by atoms with Crippen LogP contribution in [0.3, 0.4) is 0 Å². The Morgan fingerprint density at radius 1 is 0.718 bits per heavy atom. The molecule has 4 aliphatic carbocycles. The molecule has 2 spiro atoms. The Hall–Kier alpha value is -2.95. The van der Waals surface area contributed by atoms with Crippen molar-refractivity contribution in [1.29, 1.82) is 0 Å². The first-order chi connectivity index (χ1) is 17.9. The van der Waals surface area contributed by atoms with Crippen LogP contribution < -0.4 is 37.8 Å². The van der Waals surface area contributed by atoms with E-state index >= 15 is 0 Å². The maximum absolute atomic E-state index is 10.5. The van der Waals surface area contributed by atoms with E-state index in [9.17, 15) is 4.79 Å². The second-order valence-corrected chi connectivity index (χ2v) is 11.1. The Morgan fingerprint density at radius 2 is 1.15 bits per heavy atom. The number of carbonyl (C=O) groups excluding carboxylic acids is 3. The fraction of sp³-hybridized carbons (Fsp3) is 0.517. The molecule has 202 valence electrons. The van der Waals surface area contributed by atoms with Crippen molar-refractivity contribution < 1.29 is 62.4 Å². The number of hydrogen-bond acceptors (Lipinski definition) is 9. The van der Waals surface area contributed by atoms with Crippen molar-refractivity contribution in [3.63, 3.8) is 0 Å². The first-order valence-electron chi connectivity index (χ1n) is 13.0. The van der Waals surface area contributed by atoms with Crippen LogP contribution in [0.1, 0.15) is 82.3 Å². The van der Waals surface area contributed by atoms with Gasteiger partial charge in [0.15, 0.2) is 23.0 Å². The number of fused-ring (bicyclic) bond motifs is 2. The summed E-state index contributed by atoms with van der Waals surface area (Å²) < 4.78 is 28.8. The molecule has 10 heteroatoms. The minimum absolute atomic E-state index is 0. The zero-order valence-corrected chi connectivity index (χ0v) is 22.3. The molecule has 0 aromatic heterocycles. The molecule has 0 bridgehead atoms. The third-order valence-electron chi connectivity index (χ3n) is 8.50. The minimum atomic E-state index is -0.407. The van der Waals surface area contributed by atoms with E-state index in [4.69, 9.17) is 33.3 Å². The second-order valence-electron chi connectivity index (χ2n) is 11.1. The summed E-state index contributed by atoms with van der Waals surface area (Å²) in [4.78, 5) is 26.8. The quantitative estimate of drug-likeness (QED) is 0.431. The van der Waals surface area contributed by atoms with Gasteiger partial charge in [0, 0.05) is 25.7 Å². The Labute approximate surface area is 238 Å². The van der Waals surface area contributed by atoms with Gasteiger partial charge in [0.25, 0.3) is 18.0 Å². The number of hydrogen-bond donors (Lipinski definition) is 0. The van der Waals surface area contributed by atoms with Gasteiger partial charge >= 0.3 is 25.0 Å². The predicted octanol–water partition coefficient (Wildman–Crippen LogP) is 2.13. The van der Waals surface area contributed by atoms with Crippen LogP contribution in [-0.2, 0) is 30.1 Å². The molecule has 2 heterocycles. The molecule has 0 saturated heterocycles. The summed E-state index contributed by atoms with van der Waals surface area (Å²) in [5.74, 6) is 2.81. The van der Waals surface area contributed by atoms with Crippen molar-refractivity contribution in [3.8, 4) is 23.0 Å². The van der Waals surface area contributed by atoms with Gasteiger partial charge in [-0.25, -0.2) is 0 Å². The van der Waals surface area contributed by atoms with E-state index in [1.807, 2.05) is 18.2 Å². The first kappa shape index (κ1) is 29.0. The third-order valence-corrected chi connectivity index (χ3v) is 8.50. The monoisotopic (exact) mass is 530 g/mol. The first-order valence-corrected chi connectivity index (χ1v) is 13.0. The van der Waals surface area contributed by atoms with E-state index in [0.717, 1.165) is 73.5 Å². The summed E-state index contributed by atoms with van der Waals surface area (Å²) in [6, 6.07) is 12.3. The topological polar surface area (TPSA) is 127 Å². The minimum Gasteiger partial charge on any atom is -0.870 e. The van der Waals surface area contributed by atoms with Gasteiger partial charge in [-0.2, -0.15) is 9.59 Å². The fourth-order valence-corrected chi connectivity index (χ4v) is 5.34. The van der Waals surface area contributed by atoms with E-state index in [2.05, 4.69) is 25.1 Å². The molecule has 0 unspecified atom stereocenters. The van der Waals surface area contributed by atoms with Crippen molar-refractivity contribution in [1.82, 2.24) is 0 Å². The summed E-state index contributed by atoms with van der Waals surface area (Å²) in [7, 11) is 0. The van der Waals surface area contributed by atoms with Gasteiger partial charge in [-0.05, 0) is 79.3 Å². The predicted molar refractivity (Wildman–Crippen MR) is 130 cm³/mol. The van der Waals surface area contributed by atoms with Crippen molar-refractivity contribution in [3.05, 3.63) is 47.5 Å². The van der Waals surface area contributed by atoms with Crippen LogP contribution >= 0.6 is 0 Å². The largest absolute Gasteiger partial charge is 1.00 e. The molecule has 0 radical (unpaired) electrons. The van der Waals surface area contributed by atoms with Crippen molar-refractivity contribution in [2.24, 2.45) is 0 Å². The zero-order valence-electron chi connectivity index (χ0n) is 22.3. The van der Waals surface area contributed by atoms with Crippen molar-refractivity contribution in [2.75, 3.05) is 0 Å². The number of ether oxygens (including phenoxy) is 5. The van der Waals surface area contributed by atoms with Crippen LogP contribution in [0.25, 0.3) is 0 Å². The summed E-state index contributed by atoms with van der Waals surface area (Å²) >= 11 is 0. The Bertz CT molecular complexity index is 1250. The molecule has 4 fully saturated rings. The van der Waals surface area contributed by atoms with Crippen molar-refractivity contribution >= 4 is 12.6 Å². The Balaban J connectivity index is 0.000000158. The van der Waals surface area contributed by atoms with Crippen LogP contribution in [0.15, 0.2) is 36.4 Å². The van der Waals surface area contributed by atoms with E-state index in [-0.39, 0.29) is 36.3 Å². The van der Waals surface area contributed by atoms with Gasteiger partial charge in [-0.15, -0.1) is 0 Å². The van der Waals surface area contributed by atoms with Gasteiger partial charge in [0.2, 0.25) is 0 Å². The summed E-state index contributed by atoms with van der Waals surface area (Å²) in [5, 5.41) is 0. The molecule has 0 amide bonds. The van der Waals surface area contributed by atoms with E-state index < -0.39 is 11.4 Å². The van der Waals surface area contributed by atoms with Crippen LogP contribution in [0.4, 0.5) is 0 Å².